The van der Waals surface area contributed by atoms with E-state index in [9.17, 15) is 9.18 Å². The number of thioether (sulfide) groups is 1. The molecule has 0 aliphatic carbocycles. The number of nitrogens with one attached hydrogen (secondary N) is 1. The van der Waals surface area contributed by atoms with Gasteiger partial charge in [0.1, 0.15) is 16.9 Å². The van der Waals surface area contributed by atoms with Crippen molar-refractivity contribution in [3.8, 4) is 6.07 Å². The maximum absolute atomic E-state index is 13.5. The minimum absolute atomic E-state index is 0.174. The minimum atomic E-state index is -0.459. The zero-order chi connectivity index (χ0) is 17.4. The van der Waals surface area contributed by atoms with E-state index in [4.69, 9.17) is 5.26 Å². The minimum Gasteiger partial charge on any atom is -0.324 e. The van der Waals surface area contributed by atoms with E-state index in [0.29, 0.717) is 16.3 Å². The second-order valence-electron chi connectivity index (χ2n) is 5.14. The van der Waals surface area contributed by atoms with E-state index in [0.717, 1.165) is 18.5 Å². The van der Waals surface area contributed by atoms with Crippen molar-refractivity contribution in [3.05, 3.63) is 53.5 Å². The number of aromatic nitrogens is 1. The van der Waals surface area contributed by atoms with Gasteiger partial charge in [-0.2, -0.15) is 5.26 Å². The fourth-order valence-electron chi connectivity index (χ4n) is 2.08. The molecule has 2 rings (SSSR count). The molecule has 0 saturated carbocycles. The highest BCUT2D eigenvalue weighted by Gasteiger charge is 2.09. The van der Waals surface area contributed by atoms with E-state index in [1.54, 1.807) is 18.2 Å². The Labute approximate surface area is 145 Å². The Bertz CT molecular complexity index is 758. The molecule has 24 heavy (non-hydrogen) atoms. The van der Waals surface area contributed by atoms with Crippen molar-refractivity contribution >= 4 is 23.4 Å². The summed E-state index contributed by atoms with van der Waals surface area (Å²) in [7, 11) is 0. The Kier molecular flexibility index (Phi) is 6.76. The highest BCUT2D eigenvalue weighted by molar-refractivity contribution is 7.99. The van der Waals surface area contributed by atoms with Gasteiger partial charge < -0.3 is 5.32 Å². The molecule has 2 aromatic rings. The van der Waals surface area contributed by atoms with Crippen LogP contribution in [0.3, 0.4) is 0 Å². The third kappa shape index (κ3) is 5.07. The summed E-state index contributed by atoms with van der Waals surface area (Å²) < 4.78 is 13.5. The molecular weight excluding hydrogens is 325 g/mol. The van der Waals surface area contributed by atoms with E-state index < -0.39 is 5.82 Å². The first-order valence-electron chi connectivity index (χ1n) is 7.71. The van der Waals surface area contributed by atoms with Crippen molar-refractivity contribution in [1.29, 1.82) is 5.26 Å². The monoisotopic (exact) mass is 343 g/mol. The summed E-state index contributed by atoms with van der Waals surface area (Å²) in [6, 6.07) is 11.8. The van der Waals surface area contributed by atoms with Crippen molar-refractivity contribution in [2.75, 3.05) is 11.1 Å². The van der Waals surface area contributed by atoms with Crippen LogP contribution in [0, 0.1) is 17.1 Å². The summed E-state index contributed by atoms with van der Waals surface area (Å²) >= 11 is 1.37. The summed E-state index contributed by atoms with van der Waals surface area (Å²) in [5, 5.41) is 12.3. The van der Waals surface area contributed by atoms with Gasteiger partial charge in [0.2, 0.25) is 5.91 Å². The molecule has 124 valence electrons. The van der Waals surface area contributed by atoms with Gasteiger partial charge in [0, 0.05) is 17.9 Å². The number of benzene rings is 1. The van der Waals surface area contributed by atoms with Crippen LogP contribution in [0.25, 0.3) is 0 Å². The van der Waals surface area contributed by atoms with Crippen LogP contribution in [0.2, 0.25) is 0 Å². The van der Waals surface area contributed by atoms with Gasteiger partial charge in [-0.3, -0.25) is 4.79 Å². The number of carbonyl (C=O) groups is 1. The van der Waals surface area contributed by atoms with E-state index in [-0.39, 0.29) is 18.0 Å². The van der Waals surface area contributed by atoms with Crippen LogP contribution in [0.1, 0.15) is 31.0 Å². The van der Waals surface area contributed by atoms with Crippen LogP contribution < -0.4 is 5.32 Å². The molecule has 1 heterocycles. The fourth-order valence-corrected chi connectivity index (χ4v) is 3.02. The van der Waals surface area contributed by atoms with Gasteiger partial charge in [0.25, 0.3) is 0 Å². The maximum Gasteiger partial charge on any atom is 0.225 e. The lowest BCUT2D eigenvalue weighted by molar-refractivity contribution is -0.115. The average molecular weight is 343 g/mol. The van der Waals surface area contributed by atoms with Gasteiger partial charge in [0.05, 0.1) is 11.3 Å². The number of hydrogen-bond donors (Lipinski definition) is 1. The molecule has 0 saturated heterocycles. The lowest BCUT2D eigenvalue weighted by Crippen LogP contribution is -2.13. The Balaban J connectivity index is 1.91. The van der Waals surface area contributed by atoms with E-state index in [1.165, 1.54) is 23.9 Å². The normalized spacial score (nSPS) is 10.2. The number of rotatable bonds is 7. The third-order valence-corrected chi connectivity index (χ3v) is 4.25. The first kappa shape index (κ1) is 18.0. The van der Waals surface area contributed by atoms with E-state index in [2.05, 4.69) is 23.3 Å². The Morgan fingerprint density at radius 1 is 1.33 bits per heavy atom. The number of carbonyl (C=O) groups excluding carboxylic acids is 1. The summed E-state index contributed by atoms with van der Waals surface area (Å²) in [6.45, 7) is 2.07. The molecular formula is C18H18FN3OS. The number of anilines is 1. The standard InChI is InChI=1S/C18H18FN3OS/c1-2-5-14-9-8-13(12-20)18(21-14)24-11-10-17(23)22-16-7-4-3-6-15(16)19/h3-4,6-9H,2,5,10-11H2,1H3,(H,22,23). The fraction of sp³-hybridized carbons (Fsp3) is 0.278. The van der Waals surface area contributed by atoms with Crippen LogP contribution in [0.5, 0.6) is 0 Å². The number of nitrogens with zero attached hydrogens (tertiary/aromatic N) is 2. The lowest BCUT2D eigenvalue weighted by Gasteiger charge is -2.07. The number of pyridine rings is 1. The zero-order valence-corrected chi connectivity index (χ0v) is 14.2. The predicted octanol–water partition coefficient (Wildman–Crippen LogP) is 4.17. The number of para-hydroxylation sites is 1. The maximum atomic E-state index is 13.5. The van der Waals surface area contributed by atoms with Crippen LogP contribution >= 0.6 is 11.8 Å². The molecule has 0 bridgehead atoms. The van der Waals surface area contributed by atoms with Crippen molar-refractivity contribution in [3.63, 3.8) is 0 Å². The van der Waals surface area contributed by atoms with Crippen molar-refractivity contribution in [1.82, 2.24) is 4.98 Å². The van der Waals surface area contributed by atoms with Crippen molar-refractivity contribution in [2.45, 2.75) is 31.2 Å². The number of halogens is 1. The molecule has 0 radical (unpaired) electrons. The topological polar surface area (TPSA) is 65.8 Å². The van der Waals surface area contributed by atoms with Crippen LogP contribution in [-0.2, 0) is 11.2 Å². The van der Waals surface area contributed by atoms with E-state index in [1.807, 2.05) is 6.07 Å². The molecule has 0 spiro atoms. The molecule has 1 N–H and O–H groups in total. The number of hydrogen-bond acceptors (Lipinski definition) is 4. The SMILES string of the molecule is CCCc1ccc(C#N)c(SCCC(=O)Nc2ccccc2F)n1. The highest BCUT2D eigenvalue weighted by Crippen LogP contribution is 2.22. The van der Waals surface area contributed by atoms with Gasteiger partial charge >= 0.3 is 0 Å². The molecule has 0 atom stereocenters. The Hall–Kier alpha value is -2.39. The van der Waals surface area contributed by atoms with Gasteiger partial charge in [-0.15, -0.1) is 11.8 Å². The summed E-state index contributed by atoms with van der Waals surface area (Å²) in [4.78, 5) is 16.4. The first-order chi connectivity index (χ1) is 11.6. The van der Waals surface area contributed by atoms with Gasteiger partial charge in [-0.05, 0) is 30.7 Å². The molecule has 1 aromatic heterocycles. The quantitative estimate of drug-likeness (QED) is 0.767. The smallest absolute Gasteiger partial charge is 0.225 e. The molecule has 0 fully saturated rings. The van der Waals surface area contributed by atoms with Gasteiger partial charge in [-0.25, -0.2) is 9.37 Å². The third-order valence-electron chi connectivity index (χ3n) is 3.26. The zero-order valence-electron chi connectivity index (χ0n) is 13.4. The second-order valence-corrected chi connectivity index (χ2v) is 6.23. The first-order valence-corrected chi connectivity index (χ1v) is 8.69. The van der Waals surface area contributed by atoms with Crippen LogP contribution in [0.4, 0.5) is 10.1 Å². The number of aryl methyl sites for hydroxylation is 1. The molecule has 0 unspecified atom stereocenters. The lowest BCUT2D eigenvalue weighted by atomic mass is 10.2. The molecule has 0 aliphatic heterocycles. The Morgan fingerprint density at radius 3 is 2.83 bits per heavy atom. The van der Waals surface area contributed by atoms with Crippen molar-refractivity contribution < 1.29 is 9.18 Å². The highest BCUT2D eigenvalue weighted by atomic mass is 32.2. The second kappa shape index (κ2) is 9.04. The molecule has 1 aromatic carbocycles. The molecule has 6 heteroatoms. The largest absolute Gasteiger partial charge is 0.324 e. The molecule has 1 amide bonds. The van der Waals surface area contributed by atoms with Crippen LogP contribution in [-0.4, -0.2) is 16.6 Å². The summed E-state index contributed by atoms with van der Waals surface area (Å²) in [5.74, 6) is -0.257. The Morgan fingerprint density at radius 2 is 2.12 bits per heavy atom. The van der Waals surface area contributed by atoms with Crippen LogP contribution in [0.15, 0.2) is 41.4 Å². The molecule has 4 nitrogen and oxygen atoms in total. The number of nitriles is 1. The molecule has 0 aliphatic rings. The average Bonchev–Trinajstić information content (AvgIpc) is 2.57. The summed E-state index contributed by atoms with van der Waals surface area (Å²) in [5.41, 5.74) is 1.62. The van der Waals surface area contributed by atoms with E-state index >= 15 is 0 Å². The van der Waals surface area contributed by atoms with Crippen molar-refractivity contribution in [2.24, 2.45) is 0 Å². The van der Waals surface area contributed by atoms with Gasteiger partial charge in [0.15, 0.2) is 0 Å². The summed E-state index contributed by atoms with van der Waals surface area (Å²) in [6.07, 6.45) is 2.05. The number of amides is 1. The predicted molar refractivity (Wildman–Crippen MR) is 93.3 cm³/mol. The van der Waals surface area contributed by atoms with Gasteiger partial charge in [-0.1, -0.05) is 25.5 Å².